The lowest BCUT2D eigenvalue weighted by molar-refractivity contribution is -0.137. The monoisotopic (exact) mass is 190 g/mol. The first-order valence-corrected chi connectivity index (χ1v) is 4.41. The van der Waals surface area contributed by atoms with E-state index in [1.54, 1.807) is 19.2 Å². The van der Waals surface area contributed by atoms with Crippen LogP contribution >= 0.6 is 0 Å². The first kappa shape index (κ1) is 8.87. The molecule has 0 aliphatic carbocycles. The maximum atomic E-state index is 11.7. The molecule has 0 bridgehead atoms. The molecule has 0 saturated carbocycles. The summed E-state index contributed by atoms with van der Waals surface area (Å²) in [6.45, 7) is 3.47. The van der Waals surface area contributed by atoms with Gasteiger partial charge in [0.2, 0.25) is 5.91 Å². The van der Waals surface area contributed by atoms with Crippen molar-refractivity contribution < 1.29 is 9.59 Å². The minimum absolute atomic E-state index is 0.205. The average Bonchev–Trinajstić information content (AvgIpc) is 2.16. The number of allylic oxidation sites excluding steroid dienone is 2. The van der Waals surface area contributed by atoms with Crippen molar-refractivity contribution in [3.8, 4) is 0 Å². The van der Waals surface area contributed by atoms with Crippen molar-refractivity contribution in [2.24, 2.45) is 10.9 Å². The van der Waals surface area contributed by atoms with Crippen LogP contribution in [0.15, 0.2) is 28.9 Å². The highest BCUT2D eigenvalue weighted by molar-refractivity contribution is 6.19. The van der Waals surface area contributed by atoms with Gasteiger partial charge in [-0.05, 0) is 25.5 Å². The van der Waals surface area contributed by atoms with E-state index in [2.05, 4.69) is 4.99 Å². The van der Waals surface area contributed by atoms with Crippen LogP contribution in [0.4, 0.5) is 0 Å². The summed E-state index contributed by atoms with van der Waals surface area (Å²) < 4.78 is 0. The Morgan fingerprint density at radius 3 is 2.79 bits per heavy atom. The molecule has 0 aromatic heterocycles. The third-order valence-corrected chi connectivity index (χ3v) is 2.28. The summed E-state index contributed by atoms with van der Waals surface area (Å²) in [5.74, 6) is -0.805. The number of carbonyl (C=O) groups is 2. The Kier molecular flexibility index (Phi) is 1.84. The van der Waals surface area contributed by atoms with Crippen LogP contribution in [0.5, 0.6) is 0 Å². The van der Waals surface area contributed by atoms with Gasteiger partial charge >= 0.3 is 0 Å². The quantitative estimate of drug-likeness (QED) is 0.532. The Hall–Kier alpha value is -1.71. The fourth-order valence-corrected chi connectivity index (χ4v) is 1.39. The van der Waals surface area contributed by atoms with E-state index in [0.29, 0.717) is 5.84 Å². The van der Waals surface area contributed by atoms with Gasteiger partial charge in [0.1, 0.15) is 11.8 Å². The molecule has 72 valence electrons. The summed E-state index contributed by atoms with van der Waals surface area (Å²) in [6, 6.07) is 0. The van der Waals surface area contributed by atoms with Crippen molar-refractivity contribution in [2.75, 3.05) is 0 Å². The Morgan fingerprint density at radius 1 is 1.36 bits per heavy atom. The third kappa shape index (κ3) is 1.19. The van der Waals surface area contributed by atoms with E-state index in [9.17, 15) is 9.59 Å². The molecule has 4 nitrogen and oxygen atoms in total. The summed E-state index contributed by atoms with van der Waals surface area (Å²) in [5.41, 5.74) is 0.971. The summed E-state index contributed by atoms with van der Waals surface area (Å²) >= 11 is 0. The smallest absolute Gasteiger partial charge is 0.259 e. The molecule has 0 spiro atoms. The van der Waals surface area contributed by atoms with Crippen molar-refractivity contribution >= 4 is 17.6 Å². The van der Waals surface area contributed by atoms with Gasteiger partial charge in [0.25, 0.3) is 5.91 Å². The minimum atomic E-state index is -0.658. The van der Waals surface area contributed by atoms with Gasteiger partial charge in [-0.25, -0.2) is 0 Å². The molecular weight excluding hydrogens is 180 g/mol. The second kappa shape index (κ2) is 2.90. The topological polar surface area (TPSA) is 49.7 Å². The molecule has 1 atom stereocenters. The number of amides is 2. The van der Waals surface area contributed by atoms with E-state index in [-0.39, 0.29) is 11.8 Å². The zero-order valence-electron chi connectivity index (χ0n) is 8.02. The Morgan fingerprint density at radius 2 is 2.07 bits per heavy atom. The van der Waals surface area contributed by atoms with Crippen LogP contribution in [0.25, 0.3) is 0 Å². The van der Waals surface area contributed by atoms with Crippen LogP contribution in [-0.4, -0.2) is 22.5 Å². The number of fused-ring (bicyclic) bond motifs is 1. The Bertz CT molecular complexity index is 404. The molecule has 4 heteroatoms. The lowest BCUT2D eigenvalue weighted by Gasteiger charge is -2.27. The van der Waals surface area contributed by atoms with Gasteiger partial charge in [0.15, 0.2) is 0 Å². The normalized spacial score (nSPS) is 25.9. The van der Waals surface area contributed by atoms with Gasteiger partial charge in [-0.1, -0.05) is 6.08 Å². The summed E-state index contributed by atoms with van der Waals surface area (Å²) in [7, 11) is 0. The zero-order chi connectivity index (χ0) is 10.3. The second-order valence-electron chi connectivity index (χ2n) is 3.44. The lowest BCUT2D eigenvalue weighted by atomic mass is 10.1. The first-order chi connectivity index (χ1) is 6.59. The SMILES string of the molecule is CC1=CN2C(=O)C(C)C(=O)N=C2C=C1. The highest BCUT2D eigenvalue weighted by atomic mass is 16.2. The summed E-state index contributed by atoms with van der Waals surface area (Å²) in [6.07, 6.45) is 5.20. The number of nitrogens with zero attached hydrogens (tertiary/aromatic N) is 2. The number of rotatable bonds is 0. The molecule has 0 aromatic rings. The van der Waals surface area contributed by atoms with E-state index in [1.807, 2.05) is 13.0 Å². The standard InChI is InChI=1S/C10H10N2O2/c1-6-3-4-8-11-9(13)7(2)10(14)12(8)5-6/h3-5,7H,1-2H3. The van der Waals surface area contributed by atoms with E-state index in [1.165, 1.54) is 4.90 Å². The van der Waals surface area contributed by atoms with Crippen LogP contribution in [0, 0.1) is 5.92 Å². The van der Waals surface area contributed by atoms with Gasteiger partial charge in [-0.2, -0.15) is 4.99 Å². The van der Waals surface area contributed by atoms with Crippen LogP contribution in [-0.2, 0) is 9.59 Å². The molecule has 14 heavy (non-hydrogen) atoms. The van der Waals surface area contributed by atoms with E-state index in [0.717, 1.165) is 5.57 Å². The van der Waals surface area contributed by atoms with Crippen molar-refractivity contribution in [1.29, 1.82) is 0 Å². The van der Waals surface area contributed by atoms with Crippen molar-refractivity contribution in [3.63, 3.8) is 0 Å². The minimum Gasteiger partial charge on any atom is -0.273 e. The molecule has 2 amide bonds. The van der Waals surface area contributed by atoms with E-state index < -0.39 is 5.92 Å². The van der Waals surface area contributed by atoms with E-state index in [4.69, 9.17) is 0 Å². The molecule has 2 rings (SSSR count). The molecule has 0 N–H and O–H groups in total. The lowest BCUT2D eigenvalue weighted by Crippen LogP contribution is -2.43. The molecule has 0 saturated heterocycles. The fraction of sp³-hybridized carbons (Fsp3) is 0.300. The number of amidine groups is 1. The summed E-state index contributed by atoms with van der Waals surface area (Å²) in [5, 5.41) is 0. The average molecular weight is 190 g/mol. The van der Waals surface area contributed by atoms with Crippen LogP contribution in [0.1, 0.15) is 13.8 Å². The first-order valence-electron chi connectivity index (χ1n) is 4.41. The highest BCUT2D eigenvalue weighted by Gasteiger charge is 2.33. The number of hydrogen-bond donors (Lipinski definition) is 0. The number of hydrogen-bond acceptors (Lipinski definition) is 2. The Labute approximate surface area is 81.6 Å². The van der Waals surface area contributed by atoms with E-state index >= 15 is 0 Å². The largest absolute Gasteiger partial charge is 0.273 e. The summed E-state index contributed by atoms with van der Waals surface area (Å²) in [4.78, 5) is 28.2. The van der Waals surface area contributed by atoms with Crippen molar-refractivity contribution in [3.05, 3.63) is 23.9 Å². The van der Waals surface area contributed by atoms with Gasteiger partial charge in [-0.15, -0.1) is 0 Å². The predicted octanol–water partition coefficient (Wildman–Crippen LogP) is 0.863. The second-order valence-corrected chi connectivity index (χ2v) is 3.44. The molecule has 2 heterocycles. The molecular formula is C10H10N2O2. The van der Waals surface area contributed by atoms with Crippen molar-refractivity contribution in [2.45, 2.75) is 13.8 Å². The number of carbonyl (C=O) groups excluding carboxylic acids is 2. The molecule has 2 aliphatic rings. The Balaban J connectivity index is 2.47. The van der Waals surface area contributed by atoms with Gasteiger partial charge < -0.3 is 0 Å². The highest BCUT2D eigenvalue weighted by Crippen LogP contribution is 2.18. The number of aliphatic imine (C=N–C) groups is 1. The molecule has 0 fully saturated rings. The van der Waals surface area contributed by atoms with Gasteiger partial charge in [0.05, 0.1) is 0 Å². The predicted molar refractivity (Wildman–Crippen MR) is 51.3 cm³/mol. The molecule has 1 unspecified atom stereocenters. The van der Waals surface area contributed by atoms with Gasteiger partial charge in [-0.3, -0.25) is 14.5 Å². The molecule has 0 aromatic carbocycles. The van der Waals surface area contributed by atoms with Crippen LogP contribution < -0.4 is 0 Å². The van der Waals surface area contributed by atoms with Crippen LogP contribution in [0.2, 0.25) is 0 Å². The molecule has 2 aliphatic heterocycles. The maximum Gasteiger partial charge on any atom is 0.259 e. The molecule has 0 radical (unpaired) electrons. The van der Waals surface area contributed by atoms with Gasteiger partial charge in [0, 0.05) is 6.20 Å². The fourth-order valence-electron chi connectivity index (χ4n) is 1.39. The zero-order valence-corrected chi connectivity index (χ0v) is 8.02. The maximum absolute atomic E-state index is 11.7. The van der Waals surface area contributed by atoms with Crippen molar-refractivity contribution in [1.82, 2.24) is 4.90 Å². The van der Waals surface area contributed by atoms with Crippen LogP contribution in [0.3, 0.4) is 0 Å². The third-order valence-electron chi connectivity index (χ3n) is 2.28.